The lowest BCUT2D eigenvalue weighted by molar-refractivity contribution is 0.0780. The molecular formula is C18H16O. The highest BCUT2D eigenvalue weighted by atomic mass is 16.5. The van der Waals surface area contributed by atoms with Crippen molar-refractivity contribution in [1.29, 1.82) is 0 Å². The number of benzene rings is 2. The van der Waals surface area contributed by atoms with E-state index in [0.29, 0.717) is 0 Å². The molecule has 0 radical (unpaired) electrons. The molecule has 0 saturated heterocycles. The third kappa shape index (κ3) is 1.24. The van der Waals surface area contributed by atoms with Gasteiger partial charge in [-0.3, -0.25) is 0 Å². The predicted molar refractivity (Wildman–Crippen MR) is 76.0 cm³/mol. The highest BCUT2D eigenvalue weighted by Crippen LogP contribution is 2.58. The van der Waals surface area contributed by atoms with Crippen LogP contribution in [0.25, 0.3) is 10.8 Å². The van der Waals surface area contributed by atoms with Gasteiger partial charge < -0.3 is 4.74 Å². The fraction of sp³-hybridized carbons (Fsp3) is 0.333. The number of hydrogen-bond donors (Lipinski definition) is 0. The minimum Gasteiger partial charge on any atom is -0.357 e. The van der Waals surface area contributed by atoms with Crippen LogP contribution < -0.4 is 0 Å². The molecule has 0 N–H and O–H groups in total. The molecular weight excluding hydrogens is 232 g/mol. The molecule has 1 nitrogen and oxygen atoms in total. The van der Waals surface area contributed by atoms with Crippen molar-refractivity contribution in [1.82, 2.24) is 0 Å². The quantitative estimate of drug-likeness (QED) is 0.606. The largest absolute Gasteiger partial charge is 0.357 e. The third-order valence-corrected chi connectivity index (χ3v) is 4.98. The first-order valence-corrected chi connectivity index (χ1v) is 7.32. The zero-order valence-corrected chi connectivity index (χ0v) is 10.9. The van der Waals surface area contributed by atoms with Crippen LogP contribution in [-0.4, -0.2) is 0 Å². The standard InChI is InChI=1S/C18H16O/c1-2-6-12-10-16-15(9-11(12)5-1)17-13-7-3-4-8-14(13)18(16)19-17/h1-2,5-6,9-10,17-18H,3-4,7-8H2. The minimum atomic E-state index is 0.278. The van der Waals surface area contributed by atoms with Crippen LogP contribution in [0.4, 0.5) is 0 Å². The number of fused-ring (bicyclic) bond motifs is 8. The molecule has 1 heteroatoms. The Morgan fingerprint density at radius 2 is 1.32 bits per heavy atom. The number of rotatable bonds is 0. The molecule has 0 aromatic heterocycles. The Labute approximate surface area is 112 Å². The van der Waals surface area contributed by atoms with E-state index >= 15 is 0 Å². The first kappa shape index (κ1) is 10.2. The van der Waals surface area contributed by atoms with Gasteiger partial charge in [0.1, 0.15) is 12.2 Å². The zero-order chi connectivity index (χ0) is 12.4. The van der Waals surface area contributed by atoms with Gasteiger partial charge in [0.25, 0.3) is 0 Å². The van der Waals surface area contributed by atoms with Crippen LogP contribution in [0.1, 0.15) is 49.0 Å². The first-order valence-electron chi connectivity index (χ1n) is 7.32. The summed E-state index contributed by atoms with van der Waals surface area (Å²) in [4.78, 5) is 0. The SMILES string of the molecule is c1ccc2cc3c(cc2c1)C1OC3C2=C1CCCC2. The molecule has 0 fully saturated rings. The molecule has 1 aliphatic carbocycles. The van der Waals surface area contributed by atoms with Gasteiger partial charge in [0.05, 0.1) is 0 Å². The molecule has 2 atom stereocenters. The van der Waals surface area contributed by atoms with Crippen LogP contribution in [0.2, 0.25) is 0 Å². The lowest BCUT2D eigenvalue weighted by Crippen LogP contribution is -2.08. The summed E-state index contributed by atoms with van der Waals surface area (Å²) in [5.74, 6) is 0. The van der Waals surface area contributed by atoms with Gasteiger partial charge in [-0.25, -0.2) is 0 Å². The average molecular weight is 248 g/mol. The number of hydrogen-bond acceptors (Lipinski definition) is 1. The smallest absolute Gasteiger partial charge is 0.106 e. The van der Waals surface area contributed by atoms with Gasteiger partial charge in [0, 0.05) is 0 Å². The normalized spacial score (nSPS) is 27.8. The fourth-order valence-electron chi connectivity index (χ4n) is 4.10. The van der Waals surface area contributed by atoms with Crippen LogP contribution in [0.15, 0.2) is 47.5 Å². The van der Waals surface area contributed by atoms with Gasteiger partial charge in [-0.1, -0.05) is 24.3 Å². The summed E-state index contributed by atoms with van der Waals surface area (Å²) in [5.41, 5.74) is 6.09. The highest BCUT2D eigenvalue weighted by molar-refractivity contribution is 5.85. The Bertz CT molecular complexity index is 665. The minimum absolute atomic E-state index is 0.278. The van der Waals surface area contributed by atoms with Crippen LogP contribution in [0.5, 0.6) is 0 Å². The van der Waals surface area contributed by atoms with Crippen molar-refractivity contribution < 1.29 is 4.74 Å². The molecule has 94 valence electrons. The lowest BCUT2D eigenvalue weighted by Gasteiger charge is -2.23. The average Bonchev–Trinajstić information content (AvgIpc) is 3.02. The summed E-state index contributed by atoms with van der Waals surface area (Å²) in [7, 11) is 0. The van der Waals surface area contributed by atoms with Gasteiger partial charge in [0.2, 0.25) is 0 Å². The van der Waals surface area contributed by atoms with Crippen LogP contribution in [-0.2, 0) is 4.74 Å². The van der Waals surface area contributed by atoms with E-state index in [4.69, 9.17) is 4.74 Å². The Morgan fingerprint density at radius 3 is 1.84 bits per heavy atom. The lowest BCUT2D eigenvalue weighted by atomic mass is 9.78. The maximum Gasteiger partial charge on any atom is 0.106 e. The summed E-state index contributed by atoms with van der Waals surface area (Å²) in [6, 6.07) is 13.4. The second-order valence-electron chi connectivity index (χ2n) is 5.98. The molecule has 2 unspecified atom stereocenters. The Balaban J connectivity index is 1.75. The van der Waals surface area contributed by atoms with E-state index in [9.17, 15) is 0 Å². The molecule has 2 aromatic rings. The predicted octanol–water partition coefficient (Wildman–Crippen LogP) is 4.84. The number of ether oxygens (including phenoxy) is 1. The molecule has 2 aliphatic heterocycles. The van der Waals surface area contributed by atoms with Crippen molar-refractivity contribution in [2.75, 3.05) is 0 Å². The molecule has 19 heavy (non-hydrogen) atoms. The highest BCUT2D eigenvalue weighted by Gasteiger charge is 2.44. The van der Waals surface area contributed by atoms with Gasteiger partial charge in [-0.15, -0.1) is 0 Å². The van der Waals surface area contributed by atoms with Gasteiger partial charge in [-0.05, 0) is 70.9 Å². The van der Waals surface area contributed by atoms with Crippen molar-refractivity contribution in [2.24, 2.45) is 0 Å². The summed E-state index contributed by atoms with van der Waals surface area (Å²) < 4.78 is 6.29. The van der Waals surface area contributed by atoms with Crippen molar-refractivity contribution in [3.8, 4) is 0 Å². The molecule has 2 bridgehead atoms. The van der Waals surface area contributed by atoms with Crippen LogP contribution in [0, 0.1) is 0 Å². The maximum atomic E-state index is 6.29. The van der Waals surface area contributed by atoms with Gasteiger partial charge in [0.15, 0.2) is 0 Å². The summed E-state index contributed by atoms with van der Waals surface area (Å²) >= 11 is 0. The second kappa shape index (κ2) is 3.49. The van der Waals surface area contributed by atoms with Gasteiger partial charge >= 0.3 is 0 Å². The van der Waals surface area contributed by atoms with E-state index in [0.717, 1.165) is 0 Å². The third-order valence-electron chi connectivity index (χ3n) is 4.98. The summed E-state index contributed by atoms with van der Waals surface area (Å²) in [5, 5.41) is 2.69. The van der Waals surface area contributed by atoms with E-state index < -0.39 is 0 Å². The molecule has 5 rings (SSSR count). The molecule has 0 spiro atoms. The van der Waals surface area contributed by atoms with Crippen molar-refractivity contribution >= 4 is 10.8 Å². The molecule has 2 aromatic carbocycles. The van der Waals surface area contributed by atoms with E-state index in [-0.39, 0.29) is 12.2 Å². The maximum absolute atomic E-state index is 6.29. The van der Waals surface area contributed by atoms with Crippen molar-refractivity contribution in [3.05, 3.63) is 58.7 Å². The van der Waals surface area contributed by atoms with E-state index in [2.05, 4.69) is 36.4 Å². The monoisotopic (exact) mass is 248 g/mol. The van der Waals surface area contributed by atoms with Crippen molar-refractivity contribution in [3.63, 3.8) is 0 Å². The van der Waals surface area contributed by atoms with E-state index in [1.54, 1.807) is 11.1 Å². The first-order chi connectivity index (χ1) is 9.42. The van der Waals surface area contributed by atoms with Crippen LogP contribution in [0.3, 0.4) is 0 Å². The molecule has 0 amide bonds. The zero-order valence-electron chi connectivity index (χ0n) is 10.9. The fourth-order valence-corrected chi connectivity index (χ4v) is 4.10. The van der Waals surface area contributed by atoms with E-state index in [1.165, 1.54) is 47.6 Å². The van der Waals surface area contributed by atoms with Gasteiger partial charge in [-0.2, -0.15) is 0 Å². The Kier molecular flexibility index (Phi) is 1.88. The second-order valence-corrected chi connectivity index (χ2v) is 5.98. The summed E-state index contributed by atoms with van der Waals surface area (Å²) in [6.45, 7) is 0. The molecule has 2 heterocycles. The summed E-state index contributed by atoms with van der Waals surface area (Å²) in [6.07, 6.45) is 5.74. The molecule has 0 saturated carbocycles. The molecule has 3 aliphatic rings. The Morgan fingerprint density at radius 1 is 0.789 bits per heavy atom. The van der Waals surface area contributed by atoms with Crippen LogP contribution >= 0.6 is 0 Å². The Hall–Kier alpha value is -1.60. The van der Waals surface area contributed by atoms with E-state index in [1.807, 2.05) is 0 Å². The topological polar surface area (TPSA) is 9.23 Å². The van der Waals surface area contributed by atoms with Crippen molar-refractivity contribution in [2.45, 2.75) is 37.9 Å².